The summed E-state index contributed by atoms with van der Waals surface area (Å²) in [5.74, 6) is 0.965. The summed E-state index contributed by atoms with van der Waals surface area (Å²) in [6.07, 6.45) is 5.75. The Kier molecular flexibility index (Phi) is 21.7. The molecule has 13 rings (SSSR count). The van der Waals surface area contributed by atoms with Gasteiger partial charge >= 0.3 is 0 Å². The van der Waals surface area contributed by atoms with Gasteiger partial charge in [0, 0.05) is 113 Å². The van der Waals surface area contributed by atoms with Crippen molar-refractivity contribution in [1.29, 1.82) is 0 Å². The van der Waals surface area contributed by atoms with Crippen LogP contribution in [0.4, 0.5) is 0 Å². The summed E-state index contributed by atoms with van der Waals surface area (Å²) in [4.78, 5) is 27.1. The van der Waals surface area contributed by atoms with Crippen LogP contribution < -0.4 is 0 Å². The number of aryl methyl sites for hydroxylation is 3. The molecule has 0 radical (unpaired) electrons. The summed E-state index contributed by atoms with van der Waals surface area (Å²) < 4.78 is 63.1. The first-order chi connectivity index (χ1) is 50.8. The van der Waals surface area contributed by atoms with E-state index < -0.39 is 20.1 Å². The molecule has 520 valence electrons. The van der Waals surface area contributed by atoms with Crippen LogP contribution in [-0.2, 0) is 38.9 Å². The van der Waals surface area contributed by atoms with Gasteiger partial charge in [-0.1, -0.05) is 314 Å². The number of rotatable bonds is 6. The molecule has 0 spiro atoms. The second-order valence-corrected chi connectivity index (χ2v) is 31.4. The molecule has 0 aliphatic rings. The van der Waals surface area contributed by atoms with E-state index >= 15 is 0 Å². The monoisotopic (exact) mass is 1340 g/mol. The van der Waals surface area contributed by atoms with Gasteiger partial charge in [-0.2, -0.15) is 0 Å². The Morgan fingerprint density at radius 2 is 0.713 bits per heavy atom. The Morgan fingerprint density at radius 1 is 0.317 bits per heavy atom. The van der Waals surface area contributed by atoms with Crippen LogP contribution in [0, 0.1) is 13.7 Å². The van der Waals surface area contributed by atoms with Gasteiger partial charge in [0.1, 0.15) is 5.82 Å². The summed E-state index contributed by atoms with van der Waals surface area (Å²) in [6.45, 7) is 35.4. The van der Waals surface area contributed by atoms with E-state index in [1.54, 1.807) is 43.5 Å². The zero-order chi connectivity index (χ0) is 80.1. The fraction of sp³-hybridized carbons (Fsp3) is 0.298. The van der Waals surface area contributed by atoms with Gasteiger partial charge in [-0.15, -0.1) is 0 Å². The number of aromatic nitrogens is 7. The van der Waals surface area contributed by atoms with Crippen LogP contribution in [0.5, 0.6) is 0 Å². The van der Waals surface area contributed by atoms with E-state index in [2.05, 4.69) is 258 Å². The minimum absolute atomic E-state index is 0.0695. The molecule has 7 aromatic heterocycles. The maximum atomic E-state index is 7.85. The van der Waals surface area contributed by atoms with Crippen molar-refractivity contribution in [3.8, 4) is 50.5 Å². The molecule has 7 nitrogen and oxygen atoms in total. The number of pyridine rings is 6. The van der Waals surface area contributed by atoms with Crippen molar-refractivity contribution < 1.29 is 11.0 Å². The lowest BCUT2D eigenvalue weighted by atomic mass is 9.86. The third-order valence-electron chi connectivity index (χ3n) is 16.8. The Labute approximate surface area is 617 Å². The SMILES string of the molecule is CC(C)(C)c1ccncc1.CC(C)(C)c1nc(-n2c3ccccc3c3ccccc32)ccc1-c1ccccc1.CC(C)(C)c1ncccc1-c1ccccc1.[2H]C([2H])(C)c1ccc(-c2ccccc2)c(C(C)(C)C)n1.[2H]C([2H])([2H])c1ccc(-c2ccccc2)nc1C(C)(C)C.[2H]C([2H])([2H])c1cccnc1C(C)(C)C. The quantitative estimate of drug-likeness (QED) is 0.165. The lowest BCUT2D eigenvalue weighted by Gasteiger charge is -2.23. The zero-order valence-electron chi connectivity index (χ0n) is 71.0. The molecule has 0 atom stereocenters. The fourth-order valence-corrected chi connectivity index (χ4v) is 11.7. The van der Waals surface area contributed by atoms with Crippen molar-refractivity contribution in [3.05, 3.63) is 318 Å². The van der Waals surface area contributed by atoms with Crippen LogP contribution in [0.3, 0.4) is 0 Å². The van der Waals surface area contributed by atoms with Crippen molar-refractivity contribution in [2.75, 3.05) is 0 Å². The number of hydrogen-bond acceptors (Lipinski definition) is 6. The number of hydrogen-bond donors (Lipinski definition) is 0. The van der Waals surface area contributed by atoms with Gasteiger partial charge < -0.3 is 0 Å². The predicted octanol–water partition coefficient (Wildman–Crippen LogP) is 25.2. The minimum Gasteiger partial charge on any atom is -0.294 e. The topological polar surface area (TPSA) is 82.3 Å². The maximum absolute atomic E-state index is 7.85. The van der Waals surface area contributed by atoms with Gasteiger partial charge in [-0.05, 0) is 120 Å². The highest BCUT2D eigenvalue weighted by Crippen LogP contribution is 2.38. The van der Waals surface area contributed by atoms with Crippen molar-refractivity contribution in [2.45, 2.75) is 184 Å². The van der Waals surface area contributed by atoms with E-state index in [-0.39, 0.29) is 32.5 Å². The first kappa shape index (κ1) is 65.6. The summed E-state index contributed by atoms with van der Waals surface area (Å²) in [5.41, 5.74) is 17.8. The molecule has 13 aromatic rings. The first-order valence-corrected chi connectivity index (χ1v) is 34.9. The highest BCUT2D eigenvalue weighted by Gasteiger charge is 2.25. The molecule has 0 N–H and O–H groups in total. The molecule has 101 heavy (non-hydrogen) atoms. The first-order valence-electron chi connectivity index (χ1n) is 38.9. The molecule has 0 fully saturated rings. The van der Waals surface area contributed by atoms with Crippen LogP contribution in [0.2, 0.25) is 0 Å². The highest BCUT2D eigenvalue weighted by atomic mass is 15.1. The molecule has 7 heteroatoms. The smallest absolute Gasteiger partial charge is 0.137 e. The highest BCUT2D eigenvalue weighted by molar-refractivity contribution is 6.09. The molecule has 6 aromatic carbocycles. The Balaban J connectivity index is 0.000000170. The minimum atomic E-state index is -2.13. The van der Waals surface area contributed by atoms with Gasteiger partial charge in [0.2, 0.25) is 0 Å². The van der Waals surface area contributed by atoms with Gasteiger partial charge in [-0.3, -0.25) is 29.5 Å². The summed E-state index contributed by atoms with van der Waals surface area (Å²) in [7, 11) is 0. The number of para-hydroxylation sites is 2. The molecule has 0 aliphatic heterocycles. The van der Waals surface area contributed by atoms with E-state index in [0.29, 0.717) is 28.2 Å². The molecule has 0 saturated carbocycles. The van der Waals surface area contributed by atoms with Crippen LogP contribution in [0.15, 0.2) is 267 Å². The van der Waals surface area contributed by atoms with Crippen molar-refractivity contribution in [2.24, 2.45) is 0 Å². The summed E-state index contributed by atoms with van der Waals surface area (Å²) in [6, 6.07) is 81.2. The lowest BCUT2D eigenvalue weighted by molar-refractivity contribution is 0.564. The predicted molar refractivity (Wildman–Crippen MR) is 433 cm³/mol. The average Bonchev–Trinajstić information content (AvgIpc) is 1.61. The average molecular weight is 1350 g/mol. The molecule has 0 saturated heterocycles. The number of fused-ring (bicyclic) bond motifs is 3. The van der Waals surface area contributed by atoms with Crippen LogP contribution in [-0.4, -0.2) is 34.5 Å². The molecule has 0 amide bonds. The fourth-order valence-electron chi connectivity index (χ4n) is 11.7. The molecule has 0 unspecified atom stereocenters. The van der Waals surface area contributed by atoms with E-state index in [1.165, 1.54) is 49.6 Å². The Morgan fingerprint density at radius 3 is 1.14 bits per heavy atom. The van der Waals surface area contributed by atoms with E-state index in [1.807, 2.05) is 127 Å². The second-order valence-electron chi connectivity index (χ2n) is 31.4. The molecular formula is C94H109N7. The van der Waals surface area contributed by atoms with Crippen molar-refractivity contribution >= 4 is 21.8 Å². The second kappa shape index (κ2) is 33.5. The summed E-state index contributed by atoms with van der Waals surface area (Å²) >= 11 is 0. The van der Waals surface area contributed by atoms with E-state index in [9.17, 15) is 0 Å². The number of benzene rings is 6. The molecule has 7 heterocycles. The normalized spacial score (nSPS) is 13.2. The van der Waals surface area contributed by atoms with Gasteiger partial charge in [0.05, 0.1) is 33.8 Å². The standard InChI is InChI=1S/C27H24N2.C17H21N.C16H19N.C15H17N.C10H15N.C9H13N/c1-27(2,3)26-20(19-11-5-4-6-12-19)17-18-25(28-26)29-23-15-9-7-13-21(23)22-14-8-10-16-24(22)29;1-5-14-11-12-15(13-9-7-6-8-10-13)16(18-14)17(2,3)4;1-12-10-11-14(13-8-6-5-7-9-13)17-15(12)16(2,3)4;1-15(2,3)14-13(10-7-11-16-14)12-8-5-4-6-9-12;1-8-6-5-7-11-9(8)10(2,3)4;1-9(2,3)8-4-6-10-7-5-8/h4-18H,1-3H3;6-12H,5H2,1-4H3;5-11H,1-4H3;4-11H,1-3H3;5-7H,1-4H3;4-7H,1-3H3/i;5D2;1D3;;1D3;. The maximum Gasteiger partial charge on any atom is 0.137 e. The molecule has 0 aliphatic carbocycles. The third-order valence-corrected chi connectivity index (χ3v) is 16.8. The molecular weight excluding hydrogens is 1230 g/mol. The Hall–Kier alpha value is -9.98. The van der Waals surface area contributed by atoms with Gasteiger partial charge in [0.25, 0.3) is 0 Å². The lowest BCUT2D eigenvalue weighted by Crippen LogP contribution is -2.16. The summed E-state index contributed by atoms with van der Waals surface area (Å²) in [5, 5.41) is 2.52. The van der Waals surface area contributed by atoms with Gasteiger partial charge in [-0.25, -0.2) is 4.98 Å². The molecule has 0 bridgehead atoms. The van der Waals surface area contributed by atoms with Crippen LogP contribution in [0.1, 0.15) is 193 Å². The van der Waals surface area contributed by atoms with Crippen LogP contribution in [0.25, 0.3) is 72.3 Å². The van der Waals surface area contributed by atoms with Crippen molar-refractivity contribution in [3.63, 3.8) is 0 Å². The van der Waals surface area contributed by atoms with Crippen LogP contribution >= 0.6 is 0 Å². The van der Waals surface area contributed by atoms with E-state index in [4.69, 9.17) is 16.0 Å². The zero-order valence-corrected chi connectivity index (χ0v) is 63.0. The van der Waals surface area contributed by atoms with Crippen molar-refractivity contribution in [1.82, 2.24) is 34.5 Å². The van der Waals surface area contributed by atoms with E-state index in [0.717, 1.165) is 45.3 Å². The third kappa shape index (κ3) is 20.8. The number of nitrogens with zero attached hydrogens (tertiary/aromatic N) is 7. The Bertz CT molecular complexity index is 4980. The largest absolute Gasteiger partial charge is 0.294 e. The van der Waals surface area contributed by atoms with Gasteiger partial charge in [0.15, 0.2) is 0 Å².